The van der Waals surface area contributed by atoms with E-state index in [1.807, 2.05) is 13.8 Å². The summed E-state index contributed by atoms with van der Waals surface area (Å²) in [6.07, 6.45) is 3.35. The van der Waals surface area contributed by atoms with Crippen LogP contribution in [0.25, 0.3) is 0 Å². The van der Waals surface area contributed by atoms with Gasteiger partial charge in [-0.3, -0.25) is 14.5 Å². The Bertz CT molecular complexity index is 375. The number of imide groups is 1. The van der Waals surface area contributed by atoms with Crippen molar-refractivity contribution in [2.75, 3.05) is 0 Å². The zero-order chi connectivity index (χ0) is 12.6. The predicted molar refractivity (Wildman–Crippen MR) is 61.6 cm³/mol. The standard InChI is InChI=1S/C13H18N2O2/c1-13(2)6-11(16)15(12(17)7-13)10-5-3-4-9(10)8-14/h9-10H,3-7H2,1-2H3. The number of amides is 2. The summed E-state index contributed by atoms with van der Waals surface area (Å²) in [6, 6.07) is 2.06. The monoisotopic (exact) mass is 234 g/mol. The zero-order valence-electron chi connectivity index (χ0n) is 10.4. The summed E-state index contributed by atoms with van der Waals surface area (Å²) in [5, 5.41) is 9.04. The van der Waals surface area contributed by atoms with E-state index in [0.717, 1.165) is 19.3 Å². The summed E-state index contributed by atoms with van der Waals surface area (Å²) in [5.41, 5.74) is -0.231. The summed E-state index contributed by atoms with van der Waals surface area (Å²) in [4.78, 5) is 25.5. The first-order valence-corrected chi connectivity index (χ1v) is 6.19. The van der Waals surface area contributed by atoms with Crippen LogP contribution in [0.2, 0.25) is 0 Å². The lowest BCUT2D eigenvalue weighted by Gasteiger charge is -2.38. The van der Waals surface area contributed by atoms with E-state index in [1.54, 1.807) is 0 Å². The molecule has 0 aromatic heterocycles. The number of piperidine rings is 1. The summed E-state index contributed by atoms with van der Waals surface area (Å²) >= 11 is 0. The SMILES string of the molecule is CC1(C)CC(=O)N(C2CCCC2C#N)C(=O)C1. The van der Waals surface area contributed by atoms with Crippen molar-refractivity contribution in [1.82, 2.24) is 4.90 Å². The van der Waals surface area contributed by atoms with Crippen molar-refractivity contribution in [3.8, 4) is 6.07 Å². The van der Waals surface area contributed by atoms with Gasteiger partial charge in [-0.25, -0.2) is 0 Å². The number of nitrogens with zero attached hydrogens (tertiary/aromatic N) is 2. The maximum absolute atomic E-state index is 12.1. The highest BCUT2D eigenvalue weighted by Crippen LogP contribution is 2.37. The minimum Gasteiger partial charge on any atom is -0.278 e. The summed E-state index contributed by atoms with van der Waals surface area (Å²) in [5.74, 6) is -0.360. The Morgan fingerprint density at radius 2 is 1.82 bits per heavy atom. The molecule has 17 heavy (non-hydrogen) atoms. The lowest BCUT2D eigenvalue weighted by Crippen LogP contribution is -2.52. The van der Waals surface area contributed by atoms with Gasteiger partial charge in [-0.15, -0.1) is 0 Å². The number of likely N-dealkylation sites (tertiary alicyclic amines) is 1. The van der Waals surface area contributed by atoms with E-state index >= 15 is 0 Å². The largest absolute Gasteiger partial charge is 0.278 e. The minimum absolute atomic E-state index is 0.0987. The van der Waals surface area contributed by atoms with Crippen molar-refractivity contribution in [3.63, 3.8) is 0 Å². The molecule has 0 N–H and O–H groups in total. The number of hydrogen-bond donors (Lipinski definition) is 0. The molecule has 0 spiro atoms. The van der Waals surface area contributed by atoms with Crippen LogP contribution in [0.15, 0.2) is 0 Å². The third kappa shape index (κ3) is 2.19. The highest BCUT2D eigenvalue weighted by Gasteiger charge is 2.44. The van der Waals surface area contributed by atoms with Gasteiger partial charge in [0.2, 0.25) is 11.8 Å². The molecule has 1 aliphatic heterocycles. The van der Waals surface area contributed by atoms with Crippen LogP contribution in [0.3, 0.4) is 0 Å². The number of hydrogen-bond acceptors (Lipinski definition) is 3. The van der Waals surface area contributed by atoms with E-state index in [-0.39, 0.29) is 29.2 Å². The number of carbonyl (C=O) groups excluding carboxylic acids is 2. The van der Waals surface area contributed by atoms with Crippen LogP contribution in [-0.2, 0) is 9.59 Å². The lowest BCUT2D eigenvalue weighted by atomic mass is 9.81. The van der Waals surface area contributed by atoms with Crippen molar-refractivity contribution in [1.29, 1.82) is 5.26 Å². The number of nitriles is 1. The van der Waals surface area contributed by atoms with Gasteiger partial charge in [0.25, 0.3) is 0 Å². The van der Waals surface area contributed by atoms with Crippen molar-refractivity contribution in [3.05, 3.63) is 0 Å². The Hall–Kier alpha value is -1.37. The first kappa shape index (κ1) is 12.1. The van der Waals surface area contributed by atoms with Gasteiger partial charge in [0.15, 0.2) is 0 Å². The van der Waals surface area contributed by atoms with Crippen LogP contribution in [0, 0.1) is 22.7 Å². The van der Waals surface area contributed by atoms with Crippen LogP contribution in [0.1, 0.15) is 46.0 Å². The Kier molecular flexibility index (Phi) is 2.94. The molecule has 2 fully saturated rings. The Morgan fingerprint density at radius 3 is 2.35 bits per heavy atom. The maximum Gasteiger partial charge on any atom is 0.230 e. The van der Waals surface area contributed by atoms with Gasteiger partial charge in [0.1, 0.15) is 0 Å². The van der Waals surface area contributed by atoms with Crippen LogP contribution in [0.5, 0.6) is 0 Å². The smallest absolute Gasteiger partial charge is 0.230 e. The fourth-order valence-electron chi connectivity index (χ4n) is 2.96. The average Bonchev–Trinajstić information content (AvgIpc) is 2.62. The highest BCUT2D eigenvalue weighted by molar-refractivity contribution is 5.98. The molecule has 2 atom stereocenters. The fourth-order valence-corrected chi connectivity index (χ4v) is 2.96. The van der Waals surface area contributed by atoms with Gasteiger partial charge in [-0.05, 0) is 24.7 Å². The van der Waals surface area contributed by atoms with Gasteiger partial charge < -0.3 is 0 Å². The molecule has 0 radical (unpaired) electrons. The van der Waals surface area contributed by atoms with E-state index in [9.17, 15) is 9.59 Å². The summed E-state index contributed by atoms with van der Waals surface area (Å²) < 4.78 is 0. The van der Waals surface area contributed by atoms with Gasteiger partial charge >= 0.3 is 0 Å². The first-order valence-electron chi connectivity index (χ1n) is 6.19. The maximum atomic E-state index is 12.1. The van der Waals surface area contributed by atoms with E-state index < -0.39 is 0 Å². The third-order valence-electron chi connectivity index (χ3n) is 3.77. The van der Waals surface area contributed by atoms with Crippen LogP contribution in [0.4, 0.5) is 0 Å². The second-order valence-electron chi connectivity index (χ2n) is 5.91. The quantitative estimate of drug-likeness (QED) is 0.650. The molecule has 2 rings (SSSR count). The van der Waals surface area contributed by atoms with Crippen LogP contribution >= 0.6 is 0 Å². The van der Waals surface area contributed by atoms with Crippen molar-refractivity contribution < 1.29 is 9.59 Å². The molecule has 2 unspecified atom stereocenters. The average molecular weight is 234 g/mol. The highest BCUT2D eigenvalue weighted by atomic mass is 16.2. The molecule has 4 nitrogen and oxygen atoms in total. The normalized spacial score (nSPS) is 32.6. The Morgan fingerprint density at radius 1 is 1.24 bits per heavy atom. The van der Waals surface area contributed by atoms with E-state index in [2.05, 4.69) is 6.07 Å². The number of carbonyl (C=O) groups is 2. The number of rotatable bonds is 1. The van der Waals surface area contributed by atoms with E-state index in [4.69, 9.17) is 5.26 Å². The fraction of sp³-hybridized carbons (Fsp3) is 0.769. The Labute approximate surface area is 102 Å². The molecule has 1 aliphatic carbocycles. The summed E-state index contributed by atoms with van der Waals surface area (Å²) in [6.45, 7) is 3.88. The molecule has 1 saturated heterocycles. The molecule has 1 heterocycles. The van der Waals surface area contributed by atoms with Crippen LogP contribution in [-0.4, -0.2) is 22.8 Å². The molecule has 4 heteroatoms. The third-order valence-corrected chi connectivity index (χ3v) is 3.77. The first-order chi connectivity index (χ1) is 7.94. The molecule has 1 saturated carbocycles. The zero-order valence-corrected chi connectivity index (χ0v) is 10.4. The van der Waals surface area contributed by atoms with Gasteiger partial charge in [-0.1, -0.05) is 13.8 Å². The molecular weight excluding hydrogens is 216 g/mol. The van der Waals surface area contributed by atoms with Gasteiger partial charge in [-0.2, -0.15) is 5.26 Å². The minimum atomic E-state index is -0.231. The molecule has 0 bridgehead atoms. The molecule has 2 aliphatic rings. The van der Waals surface area contributed by atoms with E-state index in [0.29, 0.717) is 12.8 Å². The molecule has 0 aromatic carbocycles. The topological polar surface area (TPSA) is 61.2 Å². The predicted octanol–water partition coefficient (Wildman–Crippen LogP) is 1.85. The van der Waals surface area contributed by atoms with Crippen molar-refractivity contribution in [2.24, 2.45) is 11.3 Å². The van der Waals surface area contributed by atoms with Crippen molar-refractivity contribution in [2.45, 2.75) is 52.0 Å². The Balaban J connectivity index is 2.19. The van der Waals surface area contributed by atoms with Crippen LogP contribution < -0.4 is 0 Å². The molecule has 2 amide bonds. The van der Waals surface area contributed by atoms with Crippen molar-refractivity contribution >= 4 is 11.8 Å². The second-order valence-corrected chi connectivity index (χ2v) is 5.91. The molecule has 92 valence electrons. The van der Waals surface area contributed by atoms with E-state index in [1.165, 1.54) is 4.90 Å². The molecule has 0 aromatic rings. The summed E-state index contributed by atoms with van der Waals surface area (Å²) in [7, 11) is 0. The molecular formula is C13H18N2O2. The second kappa shape index (κ2) is 4.14. The lowest BCUT2D eigenvalue weighted by molar-refractivity contribution is -0.155. The van der Waals surface area contributed by atoms with Gasteiger partial charge in [0, 0.05) is 12.8 Å². The van der Waals surface area contributed by atoms with Gasteiger partial charge in [0.05, 0.1) is 18.0 Å².